The number of nitrogens with zero attached hydrogens (tertiary/aromatic N) is 3. The van der Waals surface area contributed by atoms with Crippen LogP contribution in [0.5, 0.6) is 0 Å². The number of carbonyl (C=O) groups is 2. The Balaban J connectivity index is 1.64. The third-order valence-corrected chi connectivity index (χ3v) is 4.09. The molecule has 0 spiro atoms. The van der Waals surface area contributed by atoms with Crippen molar-refractivity contribution in [3.8, 4) is 11.4 Å². The van der Waals surface area contributed by atoms with E-state index in [0.29, 0.717) is 17.1 Å². The fourth-order valence-electron chi connectivity index (χ4n) is 2.26. The van der Waals surface area contributed by atoms with Gasteiger partial charge in [0.15, 0.2) is 11.9 Å². The second kappa shape index (κ2) is 8.30. The molecule has 0 aliphatic carbocycles. The average molecular weight is 368 g/mol. The molecule has 1 N–H and O–H groups in total. The number of thiazole rings is 1. The topological polar surface area (TPSA) is 94.1 Å². The first-order valence-corrected chi connectivity index (χ1v) is 8.78. The zero-order chi connectivity index (χ0) is 18.4. The fraction of sp³-hybridized carbons (Fsp3) is 0.167. The minimum Gasteiger partial charge on any atom is -0.454 e. The number of rotatable bonds is 6. The molecule has 2 heterocycles. The number of amides is 1. The number of benzene rings is 1. The summed E-state index contributed by atoms with van der Waals surface area (Å²) in [4.78, 5) is 36.1. The van der Waals surface area contributed by atoms with Crippen molar-refractivity contribution in [2.24, 2.45) is 0 Å². The Hall–Kier alpha value is -3.13. The summed E-state index contributed by atoms with van der Waals surface area (Å²) in [5, 5.41) is 4.50. The maximum absolute atomic E-state index is 12.3. The molecule has 0 saturated carbocycles. The number of hydrogen-bond acceptors (Lipinski definition) is 7. The van der Waals surface area contributed by atoms with Gasteiger partial charge in [0, 0.05) is 30.3 Å². The standard InChI is InChI=1S/C18H16N4O3S/c1-12(23)25-16(15-10-26-11-22-15)9-21-18(24)14-7-19-17(20-8-14)13-5-3-2-4-6-13/h2-8,10-11,16H,9H2,1H3,(H,21,24). The van der Waals surface area contributed by atoms with Crippen molar-refractivity contribution in [3.05, 3.63) is 64.9 Å². The maximum Gasteiger partial charge on any atom is 0.303 e. The smallest absolute Gasteiger partial charge is 0.303 e. The van der Waals surface area contributed by atoms with Crippen LogP contribution in [0.25, 0.3) is 11.4 Å². The van der Waals surface area contributed by atoms with Gasteiger partial charge >= 0.3 is 5.97 Å². The fourth-order valence-corrected chi connectivity index (χ4v) is 2.85. The molecule has 0 radical (unpaired) electrons. The van der Waals surface area contributed by atoms with E-state index in [-0.39, 0.29) is 12.5 Å². The lowest BCUT2D eigenvalue weighted by atomic mass is 10.2. The minimum absolute atomic E-state index is 0.114. The quantitative estimate of drug-likeness (QED) is 0.672. The Labute approximate surface area is 154 Å². The van der Waals surface area contributed by atoms with Crippen LogP contribution in [0.1, 0.15) is 29.1 Å². The van der Waals surface area contributed by atoms with Crippen molar-refractivity contribution in [2.75, 3.05) is 6.54 Å². The summed E-state index contributed by atoms with van der Waals surface area (Å²) in [6, 6.07) is 9.49. The second-order valence-electron chi connectivity index (χ2n) is 5.38. The van der Waals surface area contributed by atoms with Crippen molar-refractivity contribution < 1.29 is 14.3 Å². The molecule has 8 heteroatoms. The van der Waals surface area contributed by atoms with Crippen molar-refractivity contribution in [1.82, 2.24) is 20.3 Å². The molecule has 0 aliphatic rings. The molecule has 1 aromatic carbocycles. The molecular weight excluding hydrogens is 352 g/mol. The van der Waals surface area contributed by atoms with Crippen LogP contribution >= 0.6 is 11.3 Å². The predicted octanol–water partition coefficient (Wildman–Crippen LogP) is 2.63. The molecule has 2 aromatic heterocycles. The lowest BCUT2D eigenvalue weighted by molar-refractivity contribution is -0.146. The van der Waals surface area contributed by atoms with E-state index in [2.05, 4.69) is 20.3 Å². The third-order valence-electron chi connectivity index (χ3n) is 3.48. The summed E-state index contributed by atoms with van der Waals surface area (Å²) in [6.45, 7) is 1.43. The highest BCUT2D eigenvalue weighted by Crippen LogP contribution is 2.17. The molecule has 1 amide bonds. The lowest BCUT2D eigenvalue weighted by Gasteiger charge is -2.15. The number of carbonyl (C=O) groups excluding carboxylic acids is 2. The van der Waals surface area contributed by atoms with Crippen molar-refractivity contribution in [3.63, 3.8) is 0 Å². The highest BCUT2D eigenvalue weighted by atomic mass is 32.1. The van der Waals surface area contributed by atoms with Gasteiger partial charge in [-0.05, 0) is 0 Å². The van der Waals surface area contributed by atoms with E-state index in [1.54, 1.807) is 10.9 Å². The van der Waals surface area contributed by atoms with E-state index in [1.807, 2.05) is 30.3 Å². The molecule has 132 valence electrons. The van der Waals surface area contributed by atoms with Gasteiger partial charge in [-0.3, -0.25) is 9.59 Å². The Kier molecular flexibility index (Phi) is 5.65. The van der Waals surface area contributed by atoms with Gasteiger partial charge in [-0.15, -0.1) is 11.3 Å². The molecule has 1 atom stereocenters. The zero-order valence-corrected chi connectivity index (χ0v) is 14.8. The first-order valence-electron chi connectivity index (χ1n) is 7.84. The van der Waals surface area contributed by atoms with Crippen molar-refractivity contribution >= 4 is 23.2 Å². The molecule has 0 fully saturated rings. The summed E-state index contributed by atoms with van der Waals surface area (Å²) in [5.74, 6) is -0.243. The number of esters is 1. The summed E-state index contributed by atoms with van der Waals surface area (Å²) < 4.78 is 5.22. The van der Waals surface area contributed by atoms with E-state index in [9.17, 15) is 9.59 Å². The first kappa shape index (κ1) is 17.7. The molecule has 3 aromatic rings. The van der Waals surface area contributed by atoms with Crippen LogP contribution in [0.15, 0.2) is 53.6 Å². The Morgan fingerprint density at radius 2 is 1.88 bits per heavy atom. The summed E-state index contributed by atoms with van der Waals surface area (Å²) in [6.07, 6.45) is 2.30. The lowest BCUT2D eigenvalue weighted by Crippen LogP contribution is -2.30. The molecule has 1 unspecified atom stereocenters. The molecule has 3 rings (SSSR count). The Morgan fingerprint density at radius 1 is 1.15 bits per heavy atom. The monoisotopic (exact) mass is 368 g/mol. The van der Waals surface area contributed by atoms with Gasteiger partial charge in [-0.1, -0.05) is 30.3 Å². The van der Waals surface area contributed by atoms with Crippen LogP contribution in [-0.2, 0) is 9.53 Å². The highest BCUT2D eigenvalue weighted by Gasteiger charge is 2.18. The summed E-state index contributed by atoms with van der Waals surface area (Å²) in [5.41, 5.74) is 3.44. The van der Waals surface area contributed by atoms with Gasteiger partial charge in [-0.2, -0.15) is 0 Å². The summed E-state index contributed by atoms with van der Waals surface area (Å²) in [7, 11) is 0. The van der Waals surface area contributed by atoms with Crippen molar-refractivity contribution in [1.29, 1.82) is 0 Å². The largest absolute Gasteiger partial charge is 0.454 e. The van der Waals surface area contributed by atoms with Gasteiger partial charge in [0.2, 0.25) is 0 Å². The average Bonchev–Trinajstić information content (AvgIpc) is 3.20. The van der Waals surface area contributed by atoms with Crippen LogP contribution in [0.4, 0.5) is 0 Å². The van der Waals surface area contributed by atoms with Gasteiger partial charge in [0.05, 0.1) is 23.3 Å². The van der Waals surface area contributed by atoms with Crippen LogP contribution < -0.4 is 5.32 Å². The van der Waals surface area contributed by atoms with E-state index in [4.69, 9.17) is 4.74 Å². The van der Waals surface area contributed by atoms with E-state index < -0.39 is 12.1 Å². The Bertz CT molecular complexity index is 867. The van der Waals surface area contributed by atoms with Gasteiger partial charge in [-0.25, -0.2) is 15.0 Å². The van der Waals surface area contributed by atoms with E-state index >= 15 is 0 Å². The molecular formula is C18H16N4O3S. The van der Waals surface area contributed by atoms with Crippen LogP contribution in [-0.4, -0.2) is 33.4 Å². The molecule has 26 heavy (non-hydrogen) atoms. The van der Waals surface area contributed by atoms with Gasteiger partial charge < -0.3 is 10.1 Å². The second-order valence-corrected chi connectivity index (χ2v) is 6.10. The van der Waals surface area contributed by atoms with Gasteiger partial charge in [0.25, 0.3) is 5.91 Å². The normalized spacial score (nSPS) is 11.6. The maximum atomic E-state index is 12.3. The molecule has 0 aliphatic heterocycles. The van der Waals surface area contributed by atoms with Crippen molar-refractivity contribution in [2.45, 2.75) is 13.0 Å². The van der Waals surface area contributed by atoms with E-state index in [1.165, 1.54) is 30.7 Å². The number of nitrogens with one attached hydrogen (secondary N) is 1. The molecule has 0 bridgehead atoms. The third kappa shape index (κ3) is 4.48. The number of aromatic nitrogens is 3. The number of ether oxygens (including phenoxy) is 1. The highest BCUT2D eigenvalue weighted by molar-refractivity contribution is 7.07. The van der Waals surface area contributed by atoms with E-state index in [0.717, 1.165) is 5.56 Å². The molecule has 7 nitrogen and oxygen atoms in total. The van der Waals surface area contributed by atoms with Crippen LogP contribution in [0.2, 0.25) is 0 Å². The predicted molar refractivity (Wildman–Crippen MR) is 96.4 cm³/mol. The SMILES string of the molecule is CC(=O)OC(CNC(=O)c1cnc(-c2ccccc2)nc1)c1cscn1. The molecule has 0 saturated heterocycles. The summed E-state index contributed by atoms with van der Waals surface area (Å²) >= 11 is 1.39. The van der Waals surface area contributed by atoms with Crippen LogP contribution in [0.3, 0.4) is 0 Å². The minimum atomic E-state index is -0.632. The van der Waals surface area contributed by atoms with Gasteiger partial charge in [0.1, 0.15) is 0 Å². The zero-order valence-electron chi connectivity index (χ0n) is 14.0. The first-order chi connectivity index (χ1) is 12.6. The Morgan fingerprint density at radius 3 is 2.50 bits per heavy atom. The number of hydrogen-bond donors (Lipinski definition) is 1. The van der Waals surface area contributed by atoms with Crippen LogP contribution in [0, 0.1) is 0 Å².